The van der Waals surface area contributed by atoms with Crippen molar-refractivity contribution in [2.24, 2.45) is 0 Å². The van der Waals surface area contributed by atoms with Gasteiger partial charge in [-0.1, -0.05) is 0 Å². The van der Waals surface area contributed by atoms with Gasteiger partial charge in [-0.05, 0) is 6.42 Å². The predicted octanol–water partition coefficient (Wildman–Crippen LogP) is 0.318. The van der Waals surface area contributed by atoms with Gasteiger partial charge in [0.05, 0.1) is 12.1 Å². The second-order valence-corrected chi connectivity index (χ2v) is 4.73. The van der Waals surface area contributed by atoms with Crippen LogP contribution in [-0.2, 0) is 9.53 Å². The van der Waals surface area contributed by atoms with Gasteiger partial charge in [0.15, 0.2) is 0 Å². The highest BCUT2D eigenvalue weighted by Gasteiger charge is 2.32. The third-order valence-corrected chi connectivity index (χ3v) is 3.74. The second-order valence-electron chi connectivity index (χ2n) is 3.70. The Morgan fingerprint density at radius 2 is 2.40 bits per heavy atom. The number of halogens is 1. The first kappa shape index (κ1) is 13.1. The summed E-state index contributed by atoms with van der Waals surface area (Å²) in [6, 6.07) is 0.0376. The fourth-order valence-electron chi connectivity index (χ4n) is 1.89. The summed E-state index contributed by atoms with van der Waals surface area (Å²) in [5.74, 6) is 2.06. The number of carbonyl (C=O) groups is 1. The lowest BCUT2D eigenvalue weighted by atomic mass is 10.3. The summed E-state index contributed by atoms with van der Waals surface area (Å²) in [5, 5.41) is 3.20. The van der Waals surface area contributed by atoms with Crippen LogP contribution in [0.5, 0.6) is 0 Å². The number of rotatable bonds is 2. The Hall–Kier alpha value is 0.0300. The van der Waals surface area contributed by atoms with Crippen LogP contribution in [0.3, 0.4) is 0 Å². The van der Waals surface area contributed by atoms with Crippen molar-refractivity contribution < 1.29 is 9.53 Å². The lowest BCUT2D eigenvalue weighted by Crippen LogP contribution is -2.44. The molecule has 2 atom stereocenters. The van der Waals surface area contributed by atoms with E-state index in [0.717, 1.165) is 31.1 Å². The van der Waals surface area contributed by atoms with Crippen LogP contribution in [-0.4, -0.2) is 54.8 Å². The molecule has 0 aliphatic carbocycles. The maximum absolute atomic E-state index is 11.9. The first-order valence-corrected chi connectivity index (χ1v) is 6.09. The molecule has 2 heterocycles. The van der Waals surface area contributed by atoms with E-state index in [9.17, 15) is 4.79 Å². The van der Waals surface area contributed by atoms with E-state index in [1.165, 1.54) is 0 Å². The van der Waals surface area contributed by atoms with Gasteiger partial charge in [0.1, 0.15) is 0 Å². The van der Waals surface area contributed by atoms with Gasteiger partial charge in [-0.2, -0.15) is 0 Å². The van der Waals surface area contributed by atoms with Crippen molar-refractivity contribution in [3.63, 3.8) is 0 Å². The number of hydrogen-bond donors (Lipinski definition) is 1. The summed E-state index contributed by atoms with van der Waals surface area (Å²) in [6.07, 6.45) is 1.22. The largest absolute Gasteiger partial charge is 0.380 e. The second kappa shape index (κ2) is 5.94. The van der Waals surface area contributed by atoms with Crippen molar-refractivity contribution in [1.82, 2.24) is 10.2 Å². The van der Waals surface area contributed by atoms with Crippen molar-refractivity contribution in [2.75, 3.05) is 31.8 Å². The molecule has 0 aromatic heterocycles. The third kappa shape index (κ3) is 3.00. The van der Waals surface area contributed by atoms with Crippen LogP contribution >= 0.6 is 24.2 Å². The van der Waals surface area contributed by atoms with Crippen LogP contribution in [0.2, 0.25) is 0 Å². The highest BCUT2D eigenvalue weighted by Crippen LogP contribution is 2.17. The molecule has 2 rings (SSSR count). The van der Waals surface area contributed by atoms with Gasteiger partial charge in [0, 0.05) is 31.8 Å². The number of nitrogens with zero attached hydrogens (tertiary/aromatic N) is 1. The van der Waals surface area contributed by atoms with E-state index in [4.69, 9.17) is 4.74 Å². The zero-order valence-electron chi connectivity index (χ0n) is 8.77. The Labute approximate surface area is 101 Å². The molecular formula is C9H17ClN2O2S. The molecule has 0 aromatic rings. The molecule has 0 aromatic carbocycles. The normalized spacial score (nSPS) is 30.3. The van der Waals surface area contributed by atoms with Gasteiger partial charge in [-0.25, -0.2) is 0 Å². The first-order valence-electron chi connectivity index (χ1n) is 4.94. The Morgan fingerprint density at radius 3 is 2.93 bits per heavy atom. The number of thioether (sulfide) groups is 1. The number of ether oxygens (including phenoxy) is 1. The molecule has 1 N–H and O–H groups in total. The van der Waals surface area contributed by atoms with Crippen LogP contribution in [0.1, 0.15) is 6.42 Å². The summed E-state index contributed by atoms with van der Waals surface area (Å²) in [5.41, 5.74) is 0. The smallest absolute Gasteiger partial charge is 0.240 e. The topological polar surface area (TPSA) is 41.6 Å². The molecule has 4 nitrogen and oxygen atoms in total. The lowest BCUT2D eigenvalue weighted by molar-refractivity contribution is -0.132. The van der Waals surface area contributed by atoms with Crippen LogP contribution in [0.15, 0.2) is 0 Å². The maximum atomic E-state index is 11.9. The number of carbonyl (C=O) groups excluding carboxylic acids is 1. The van der Waals surface area contributed by atoms with Crippen LogP contribution in [0, 0.1) is 0 Å². The highest BCUT2D eigenvalue weighted by atomic mass is 35.5. The van der Waals surface area contributed by atoms with Crippen molar-refractivity contribution in [2.45, 2.75) is 18.6 Å². The molecule has 6 heteroatoms. The van der Waals surface area contributed by atoms with E-state index < -0.39 is 0 Å². The average molecular weight is 253 g/mol. The van der Waals surface area contributed by atoms with Gasteiger partial charge in [-0.3, -0.25) is 10.1 Å². The van der Waals surface area contributed by atoms with E-state index in [2.05, 4.69) is 5.32 Å². The molecule has 0 unspecified atom stereocenters. The molecule has 0 spiro atoms. The summed E-state index contributed by atoms with van der Waals surface area (Å²) >= 11 is 1.79. The Bertz CT molecular complexity index is 224. The minimum absolute atomic E-state index is 0. The summed E-state index contributed by atoms with van der Waals surface area (Å²) in [6.45, 7) is 1.61. The number of nitrogens with one attached hydrogen (secondary N) is 1. The van der Waals surface area contributed by atoms with Crippen LogP contribution < -0.4 is 5.32 Å². The molecule has 2 aliphatic heterocycles. The van der Waals surface area contributed by atoms with Crippen molar-refractivity contribution in [3.05, 3.63) is 0 Å². The minimum Gasteiger partial charge on any atom is -0.380 e. The molecular weight excluding hydrogens is 236 g/mol. The number of amides is 1. The van der Waals surface area contributed by atoms with E-state index >= 15 is 0 Å². The van der Waals surface area contributed by atoms with Crippen molar-refractivity contribution in [3.8, 4) is 0 Å². The van der Waals surface area contributed by atoms with E-state index in [-0.39, 0.29) is 30.5 Å². The lowest BCUT2D eigenvalue weighted by Gasteiger charge is -2.19. The zero-order chi connectivity index (χ0) is 9.97. The summed E-state index contributed by atoms with van der Waals surface area (Å²) in [7, 11) is 1.71. The maximum Gasteiger partial charge on any atom is 0.240 e. The third-order valence-electron chi connectivity index (χ3n) is 2.80. The first-order chi connectivity index (χ1) is 6.81. The standard InChI is InChI=1S/C9H16N2O2S.ClH/c1-13-7-2-3-11(4-7)9(12)8-5-14-6-10-8;/h7-8,10H,2-6H2,1H3;1H/t7-,8+;/m0./s1. The SMILES string of the molecule is CO[C@H]1CCN(C(=O)[C@H]2CSCN2)C1.Cl. The summed E-state index contributed by atoms with van der Waals surface area (Å²) in [4.78, 5) is 13.8. The number of methoxy groups -OCH3 is 1. The molecule has 0 bridgehead atoms. The number of hydrogen-bond acceptors (Lipinski definition) is 4. The van der Waals surface area contributed by atoms with Crippen LogP contribution in [0.25, 0.3) is 0 Å². The Morgan fingerprint density at radius 1 is 1.60 bits per heavy atom. The van der Waals surface area contributed by atoms with Gasteiger partial charge >= 0.3 is 0 Å². The molecule has 2 saturated heterocycles. The zero-order valence-corrected chi connectivity index (χ0v) is 10.4. The van der Waals surface area contributed by atoms with Crippen molar-refractivity contribution >= 4 is 30.1 Å². The molecule has 2 aliphatic rings. The monoisotopic (exact) mass is 252 g/mol. The Kier molecular flexibility index (Phi) is 5.18. The van der Waals surface area contributed by atoms with Gasteiger partial charge in [0.2, 0.25) is 5.91 Å². The van der Waals surface area contributed by atoms with E-state index in [1.54, 1.807) is 18.9 Å². The molecule has 1 amide bonds. The molecule has 2 fully saturated rings. The van der Waals surface area contributed by atoms with E-state index in [0.29, 0.717) is 0 Å². The summed E-state index contributed by atoms with van der Waals surface area (Å²) < 4.78 is 5.23. The molecule has 0 radical (unpaired) electrons. The average Bonchev–Trinajstić information content (AvgIpc) is 2.88. The Balaban J connectivity index is 0.00000112. The highest BCUT2D eigenvalue weighted by molar-refractivity contribution is 7.99. The molecule has 15 heavy (non-hydrogen) atoms. The molecule has 88 valence electrons. The minimum atomic E-state index is 0. The van der Waals surface area contributed by atoms with E-state index in [1.807, 2.05) is 4.90 Å². The fraction of sp³-hybridized carbons (Fsp3) is 0.889. The molecule has 0 saturated carbocycles. The quantitative estimate of drug-likeness (QED) is 0.769. The van der Waals surface area contributed by atoms with Crippen molar-refractivity contribution in [1.29, 1.82) is 0 Å². The fourth-order valence-corrected chi connectivity index (χ4v) is 2.83. The predicted molar refractivity (Wildman–Crippen MR) is 63.5 cm³/mol. The van der Waals surface area contributed by atoms with Crippen LogP contribution in [0.4, 0.5) is 0 Å². The van der Waals surface area contributed by atoms with Gasteiger partial charge in [0.25, 0.3) is 0 Å². The van der Waals surface area contributed by atoms with Gasteiger partial charge < -0.3 is 9.64 Å². The number of likely N-dealkylation sites (tertiary alicyclic amines) is 1. The van der Waals surface area contributed by atoms with Gasteiger partial charge in [-0.15, -0.1) is 24.2 Å².